The summed E-state index contributed by atoms with van der Waals surface area (Å²) in [5.74, 6) is 1.17. The molecular weight excluding hydrogens is 310 g/mol. The van der Waals surface area contributed by atoms with E-state index in [0.29, 0.717) is 18.3 Å². The van der Waals surface area contributed by atoms with E-state index in [9.17, 15) is 0 Å². The van der Waals surface area contributed by atoms with Crippen molar-refractivity contribution in [2.24, 2.45) is 0 Å². The lowest BCUT2D eigenvalue weighted by Gasteiger charge is -2.23. The quantitative estimate of drug-likeness (QED) is 0.718. The lowest BCUT2D eigenvalue weighted by atomic mass is 9.86. The highest BCUT2D eigenvalue weighted by atomic mass is 15.3. The number of aromatic nitrogens is 3. The minimum absolute atomic E-state index is 0.0401. The second-order valence-corrected chi connectivity index (χ2v) is 6.92. The lowest BCUT2D eigenvalue weighted by Crippen LogP contribution is -2.14. The largest absolute Gasteiger partial charge is 0.349 e. The zero-order valence-corrected chi connectivity index (χ0v) is 14.8. The van der Waals surface area contributed by atoms with Crippen LogP contribution in [-0.2, 0) is 12.0 Å². The third-order valence-corrected chi connectivity index (χ3v) is 3.85. The molecule has 0 unspecified atom stereocenters. The Bertz CT molecular complexity index is 825. The first kappa shape index (κ1) is 16.9. The molecular formula is C20H23N5. The summed E-state index contributed by atoms with van der Waals surface area (Å²) in [5, 5.41) is 14.7. The summed E-state index contributed by atoms with van der Waals surface area (Å²) in [6.07, 6.45) is 1.63. The summed E-state index contributed by atoms with van der Waals surface area (Å²) in [6.45, 7) is 7.24. The Hall–Kier alpha value is -2.95. The fraction of sp³-hybridized carbons (Fsp3) is 0.250. The van der Waals surface area contributed by atoms with Crippen LogP contribution in [0.4, 0.5) is 17.5 Å². The van der Waals surface area contributed by atoms with Crippen LogP contribution in [0.5, 0.6) is 0 Å². The molecule has 5 heteroatoms. The van der Waals surface area contributed by atoms with Crippen LogP contribution in [-0.4, -0.2) is 15.2 Å². The predicted octanol–water partition coefficient (Wildman–Crippen LogP) is 4.52. The van der Waals surface area contributed by atoms with Crippen LogP contribution in [0, 0.1) is 0 Å². The molecule has 128 valence electrons. The zero-order chi connectivity index (χ0) is 17.7. The monoisotopic (exact) mass is 333 g/mol. The zero-order valence-electron chi connectivity index (χ0n) is 14.8. The highest BCUT2D eigenvalue weighted by Crippen LogP contribution is 2.30. The molecule has 1 aromatic heterocycles. The first-order valence-electron chi connectivity index (χ1n) is 8.36. The molecule has 0 saturated carbocycles. The third-order valence-electron chi connectivity index (χ3n) is 3.85. The van der Waals surface area contributed by atoms with Crippen LogP contribution in [0.2, 0.25) is 0 Å². The second-order valence-electron chi connectivity index (χ2n) is 6.92. The van der Waals surface area contributed by atoms with Crippen LogP contribution in [0.3, 0.4) is 0 Å². The van der Waals surface area contributed by atoms with Crippen molar-refractivity contribution in [2.75, 3.05) is 10.6 Å². The lowest BCUT2D eigenvalue weighted by molar-refractivity contribution is 0.592. The number of nitrogens with zero attached hydrogens (tertiary/aromatic N) is 3. The Morgan fingerprint density at radius 1 is 0.920 bits per heavy atom. The molecule has 0 spiro atoms. The highest BCUT2D eigenvalue weighted by Gasteiger charge is 2.17. The van der Waals surface area contributed by atoms with Gasteiger partial charge in [-0.2, -0.15) is 10.1 Å². The van der Waals surface area contributed by atoms with Gasteiger partial charge in [-0.1, -0.05) is 69.3 Å². The van der Waals surface area contributed by atoms with E-state index < -0.39 is 0 Å². The van der Waals surface area contributed by atoms with Crippen molar-refractivity contribution in [3.8, 4) is 0 Å². The van der Waals surface area contributed by atoms with Gasteiger partial charge in [0, 0.05) is 12.2 Å². The van der Waals surface area contributed by atoms with Gasteiger partial charge in [-0.3, -0.25) is 0 Å². The van der Waals surface area contributed by atoms with Gasteiger partial charge < -0.3 is 10.6 Å². The smallest absolute Gasteiger partial charge is 0.244 e. The van der Waals surface area contributed by atoms with Gasteiger partial charge in [0.25, 0.3) is 0 Å². The standard InChI is InChI=1S/C20H23N5/c1-20(2,3)16-11-7-8-12-17(16)23-18-14-22-25-19(24-18)21-13-15-9-5-4-6-10-15/h4-12,14H,13H2,1-3H3,(H2,21,23,24,25). The van der Waals surface area contributed by atoms with Crippen molar-refractivity contribution in [3.63, 3.8) is 0 Å². The van der Waals surface area contributed by atoms with Gasteiger partial charge in [-0.05, 0) is 22.6 Å². The molecule has 3 aromatic rings. The maximum Gasteiger partial charge on any atom is 0.244 e. The number of benzene rings is 2. The SMILES string of the molecule is CC(C)(C)c1ccccc1Nc1cnnc(NCc2ccccc2)n1. The number of hydrogen-bond donors (Lipinski definition) is 2. The number of hydrogen-bond acceptors (Lipinski definition) is 5. The highest BCUT2D eigenvalue weighted by molar-refractivity contribution is 5.62. The Morgan fingerprint density at radius 3 is 2.40 bits per heavy atom. The topological polar surface area (TPSA) is 62.7 Å². The van der Waals surface area contributed by atoms with Crippen molar-refractivity contribution in [1.29, 1.82) is 0 Å². The fourth-order valence-corrected chi connectivity index (χ4v) is 2.60. The van der Waals surface area contributed by atoms with E-state index >= 15 is 0 Å². The van der Waals surface area contributed by atoms with Gasteiger partial charge in [-0.15, -0.1) is 5.10 Å². The molecule has 1 heterocycles. The van der Waals surface area contributed by atoms with E-state index in [0.717, 1.165) is 5.69 Å². The first-order chi connectivity index (χ1) is 12.0. The van der Waals surface area contributed by atoms with Crippen molar-refractivity contribution in [1.82, 2.24) is 15.2 Å². The summed E-state index contributed by atoms with van der Waals surface area (Å²) >= 11 is 0. The molecule has 0 atom stereocenters. The predicted molar refractivity (Wildman–Crippen MR) is 102 cm³/mol. The van der Waals surface area contributed by atoms with Crippen LogP contribution < -0.4 is 10.6 Å². The van der Waals surface area contributed by atoms with Gasteiger partial charge in [0.15, 0.2) is 5.82 Å². The molecule has 0 amide bonds. The Balaban J connectivity index is 1.74. The molecule has 0 aliphatic carbocycles. The second kappa shape index (κ2) is 7.30. The number of para-hydroxylation sites is 1. The molecule has 2 aromatic carbocycles. The molecule has 0 fully saturated rings. The maximum atomic E-state index is 4.51. The Kier molecular flexibility index (Phi) is 4.93. The maximum absolute atomic E-state index is 4.51. The summed E-state index contributed by atoms with van der Waals surface area (Å²) in [7, 11) is 0. The molecule has 2 N–H and O–H groups in total. The summed E-state index contributed by atoms with van der Waals surface area (Å²) < 4.78 is 0. The van der Waals surface area contributed by atoms with E-state index in [2.05, 4.69) is 76.9 Å². The molecule has 5 nitrogen and oxygen atoms in total. The molecule has 0 saturated heterocycles. The Morgan fingerprint density at radius 2 is 1.64 bits per heavy atom. The fourth-order valence-electron chi connectivity index (χ4n) is 2.60. The summed E-state index contributed by atoms with van der Waals surface area (Å²) in [6, 6.07) is 18.4. The van der Waals surface area contributed by atoms with Gasteiger partial charge >= 0.3 is 0 Å². The van der Waals surface area contributed by atoms with Crippen molar-refractivity contribution >= 4 is 17.5 Å². The number of anilines is 3. The van der Waals surface area contributed by atoms with Crippen LogP contribution in [0.15, 0.2) is 60.8 Å². The summed E-state index contributed by atoms with van der Waals surface area (Å²) in [4.78, 5) is 4.51. The third kappa shape index (κ3) is 4.53. The molecule has 0 bridgehead atoms. The van der Waals surface area contributed by atoms with E-state index in [4.69, 9.17) is 0 Å². The minimum Gasteiger partial charge on any atom is -0.349 e. The first-order valence-corrected chi connectivity index (χ1v) is 8.36. The molecule has 0 aliphatic heterocycles. The van der Waals surface area contributed by atoms with Gasteiger partial charge in [-0.25, -0.2) is 0 Å². The van der Waals surface area contributed by atoms with Gasteiger partial charge in [0.2, 0.25) is 5.95 Å². The van der Waals surface area contributed by atoms with E-state index in [1.807, 2.05) is 24.3 Å². The average molecular weight is 333 g/mol. The van der Waals surface area contributed by atoms with Crippen molar-refractivity contribution < 1.29 is 0 Å². The molecule has 0 aliphatic rings. The number of nitrogens with one attached hydrogen (secondary N) is 2. The molecule has 0 radical (unpaired) electrons. The van der Waals surface area contributed by atoms with Gasteiger partial charge in [0.05, 0.1) is 6.20 Å². The van der Waals surface area contributed by atoms with Crippen LogP contribution in [0.1, 0.15) is 31.9 Å². The van der Waals surface area contributed by atoms with Crippen molar-refractivity contribution in [3.05, 3.63) is 71.9 Å². The van der Waals surface area contributed by atoms with Crippen LogP contribution in [0.25, 0.3) is 0 Å². The van der Waals surface area contributed by atoms with Crippen molar-refractivity contribution in [2.45, 2.75) is 32.7 Å². The molecule has 25 heavy (non-hydrogen) atoms. The average Bonchev–Trinajstić information content (AvgIpc) is 2.61. The normalized spacial score (nSPS) is 11.2. The number of rotatable bonds is 5. The van der Waals surface area contributed by atoms with Crippen LogP contribution >= 0.6 is 0 Å². The minimum atomic E-state index is 0.0401. The Labute approximate surface area is 148 Å². The van der Waals surface area contributed by atoms with E-state index in [1.165, 1.54) is 11.1 Å². The van der Waals surface area contributed by atoms with E-state index in [-0.39, 0.29) is 5.41 Å². The molecule has 3 rings (SSSR count). The van der Waals surface area contributed by atoms with Gasteiger partial charge in [0.1, 0.15) is 0 Å². The van der Waals surface area contributed by atoms with E-state index in [1.54, 1.807) is 6.20 Å². The summed E-state index contributed by atoms with van der Waals surface area (Å²) in [5.41, 5.74) is 3.47.